The highest BCUT2D eigenvalue weighted by Gasteiger charge is 2.39. The lowest BCUT2D eigenvalue weighted by molar-refractivity contribution is -0.150. The SMILES string of the molecule is CC1(C(=O)O)CCCN(C(=O)O)C1. The van der Waals surface area contributed by atoms with Gasteiger partial charge < -0.3 is 15.1 Å². The van der Waals surface area contributed by atoms with Crippen molar-refractivity contribution in [1.29, 1.82) is 0 Å². The summed E-state index contributed by atoms with van der Waals surface area (Å²) in [4.78, 5) is 22.6. The first-order chi connectivity index (χ1) is 5.96. The molecule has 1 unspecified atom stereocenters. The van der Waals surface area contributed by atoms with Gasteiger partial charge in [-0.15, -0.1) is 0 Å². The van der Waals surface area contributed by atoms with E-state index in [1.807, 2.05) is 0 Å². The van der Waals surface area contributed by atoms with Crippen LogP contribution in [0.2, 0.25) is 0 Å². The number of aliphatic carboxylic acids is 1. The molecule has 0 bridgehead atoms. The largest absolute Gasteiger partial charge is 0.481 e. The van der Waals surface area contributed by atoms with Crippen LogP contribution in [0.5, 0.6) is 0 Å². The van der Waals surface area contributed by atoms with E-state index in [-0.39, 0.29) is 6.54 Å². The second-order valence-corrected chi connectivity index (χ2v) is 3.67. The molecule has 0 radical (unpaired) electrons. The monoisotopic (exact) mass is 187 g/mol. The fourth-order valence-corrected chi connectivity index (χ4v) is 1.58. The Morgan fingerprint density at radius 1 is 1.38 bits per heavy atom. The summed E-state index contributed by atoms with van der Waals surface area (Å²) in [7, 11) is 0. The van der Waals surface area contributed by atoms with E-state index in [1.165, 1.54) is 0 Å². The maximum absolute atomic E-state index is 10.8. The molecule has 2 N–H and O–H groups in total. The van der Waals surface area contributed by atoms with Crippen LogP contribution in [-0.4, -0.2) is 40.3 Å². The molecule has 0 spiro atoms. The van der Waals surface area contributed by atoms with Crippen LogP contribution in [0.25, 0.3) is 0 Å². The topological polar surface area (TPSA) is 77.8 Å². The molecular weight excluding hydrogens is 174 g/mol. The highest BCUT2D eigenvalue weighted by Crippen LogP contribution is 2.29. The molecule has 0 aromatic rings. The molecule has 1 amide bonds. The molecule has 1 atom stereocenters. The highest BCUT2D eigenvalue weighted by atomic mass is 16.4. The quantitative estimate of drug-likeness (QED) is 0.638. The van der Waals surface area contributed by atoms with Crippen molar-refractivity contribution in [3.8, 4) is 0 Å². The van der Waals surface area contributed by atoms with Gasteiger partial charge in [-0.05, 0) is 19.8 Å². The standard InChI is InChI=1S/C8H13NO4/c1-8(6(10)11)3-2-4-9(5-8)7(12)13/h2-5H2,1H3,(H,10,11)(H,12,13). The van der Waals surface area contributed by atoms with Crippen LogP contribution in [0.1, 0.15) is 19.8 Å². The summed E-state index contributed by atoms with van der Waals surface area (Å²) in [5, 5.41) is 17.6. The average molecular weight is 187 g/mol. The second kappa shape index (κ2) is 3.24. The Balaban J connectivity index is 2.71. The van der Waals surface area contributed by atoms with E-state index < -0.39 is 17.5 Å². The van der Waals surface area contributed by atoms with Crippen molar-refractivity contribution >= 4 is 12.1 Å². The molecule has 0 saturated carbocycles. The summed E-state index contributed by atoms with van der Waals surface area (Å²) in [6.45, 7) is 2.13. The van der Waals surface area contributed by atoms with Gasteiger partial charge >= 0.3 is 12.1 Å². The molecule has 5 nitrogen and oxygen atoms in total. The first-order valence-corrected chi connectivity index (χ1v) is 4.17. The van der Waals surface area contributed by atoms with Crippen LogP contribution >= 0.6 is 0 Å². The van der Waals surface area contributed by atoms with Crippen LogP contribution in [0.3, 0.4) is 0 Å². The lowest BCUT2D eigenvalue weighted by atomic mass is 9.82. The smallest absolute Gasteiger partial charge is 0.407 e. The number of carboxylic acid groups (broad SMARTS) is 2. The Bertz CT molecular complexity index is 240. The number of hydrogen-bond donors (Lipinski definition) is 2. The third-order valence-corrected chi connectivity index (χ3v) is 2.48. The first-order valence-electron chi connectivity index (χ1n) is 4.17. The van der Waals surface area contributed by atoms with Crippen molar-refractivity contribution in [3.05, 3.63) is 0 Å². The summed E-state index contributed by atoms with van der Waals surface area (Å²) in [6.07, 6.45) is 0.133. The van der Waals surface area contributed by atoms with E-state index in [4.69, 9.17) is 10.2 Å². The van der Waals surface area contributed by atoms with Crippen molar-refractivity contribution in [2.24, 2.45) is 5.41 Å². The van der Waals surface area contributed by atoms with Crippen molar-refractivity contribution in [2.75, 3.05) is 13.1 Å². The molecule has 5 heteroatoms. The molecule has 1 rings (SSSR count). The zero-order chi connectivity index (χ0) is 10.1. The van der Waals surface area contributed by atoms with E-state index in [0.717, 1.165) is 4.90 Å². The maximum atomic E-state index is 10.8. The molecule has 0 aromatic carbocycles. The summed E-state index contributed by atoms with van der Waals surface area (Å²) in [6, 6.07) is 0. The predicted octanol–water partition coefficient (Wildman–Crippen LogP) is 0.851. The number of carbonyl (C=O) groups is 2. The van der Waals surface area contributed by atoms with Crippen LogP contribution in [0, 0.1) is 5.41 Å². The lowest BCUT2D eigenvalue weighted by Gasteiger charge is -2.35. The van der Waals surface area contributed by atoms with Gasteiger partial charge in [-0.1, -0.05) is 0 Å². The molecule has 0 aliphatic carbocycles. The molecule has 13 heavy (non-hydrogen) atoms. The van der Waals surface area contributed by atoms with Gasteiger partial charge in [0.05, 0.1) is 5.41 Å². The number of carboxylic acids is 1. The van der Waals surface area contributed by atoms with Gasteiger partial charge in [0.1, 0.15) is 0 Å². The Morgan fingerprint density at radius 2 is 2.00 bits per heavy atom. The van der Waals surface area contributed by atoms with E-state index in [1.54, 1.807) is 6.92 Å². The molecule has 1 saturated heterocycles. The number of hydrogen-bond acceptors (Lipinski definition) is 2. The fourth-order valence-electron chi connectivity index (χ4n) is 1.58. The van der Waals surface area contributed by atoms with Crippen LogP contribution in [-0.2, 0) is 4.79 Å². The maximum Gasteiger partial charge on any atom is 0.407 e. The number of nitrogens with zero attached hydrogens (tertiary/aromatic N) is 1. The lowest BCUT2D eigenvalue weighted by Crippen LogP contribution is -2.47. The van der Waals surface area contributed by atoms with E-state index in [9.17, 15) is 9.59 Å². The summed E-state index contributed by atoms with van der Waals surface area (Å²) in [5.41, 5.74) is -0.906. The van der Waals surface area contributed by atoms with Crippen molar-refractivity contribution in [3.63, 3.8) is 0 Å². The van der Waals surface area contributed by atoms with Gasteiger partial charge in [0.25, 0.3) is 0 Å². The third kappa shape index (κ3) is 1.91. The molecule has 1 heterocycles. The van der Waals surface area contributed by atoms with Gasteiger partial charge in [0.15, 0.2) is 0 Å². The predicted molar refractivity (Wildman–Crippen MR) is 44.6 cm³/mol. The molecule has 0 aromatic heterocycles. The van der Waals surface area contributed by atoms with E-state index in [2.05, 4.69) is 0 Å². The second-order valence-electron chi connectivity index (χ2n) is 3.67. The molecule has 1 aliphatic heterocycles. The van der Waals surface area contributed by atoms with Gasteiger partial charge in [-0.2, -0.15) is 0 Å². The van der Waals surface area contributed by atoms with Crippen LogP contribution in [0.4, 0.5) is 4.79 Å². The minimum Gasteiger partial charge on any atom is -0.481 e. The number of rotatable bonds is 1. The summed E-state index contributed by atoms with van der Waals surface area (Å²) >= 11 is 0. The molecule has 1 fully saturated rings. The first kappa shape index (κ1) is 9.83. The number of amides is 1. The Morgan fingerprint density at radius 3 is 2.46 bits per heavy atom. The Hall–Kier alpha value is -1.26. The Labute approximate surface area is 76.0 Å². The van der Waals surface area contributed by atoms with Gasteiger partial charge in [0, 0.05) is 13.1 Å². The number of likely N-dealkylation sites (tertiary alicyclic amines) is 1. The fraction of sp³-hybridized carbons (Fsp3) is 0.750. The normalized spacial score (nSPS) is 28.5. The molecule has 1 aliphatic rings. The third-order valence-electron chi connectivity index (χ3n) is 2.48. The zero-order valence-corrected chi connectivity index (χ0v) is 7.49. The summed E-state index contributed by atoms with van der Waals surface area (Å²) in [5.74, 6) is -0.918. The minimum absolute atomic E-state index is 0.0949. The van der Waals surface area contributed by atoms with Crippen molar-refractivity contribution in [1.82, 2.24) is 4.90 Å². The van der Waals surface area contributed by atoms with Crippen molar-refractivity contribution in [2.45, 2.75) is 19.8 Å². The average Bonchev–Trinajstić information content (AvgIpc) is 2.04. The van der Waals surface area contributed by atoms with Crippen molar-refractivity contribution < 1.29 is 19.8 Å². The Kier molecular flexibility index (Phi) is 2.45. The van der Waals surface area contributed by atoms with Gasteiger partial charge in [-0.25, -0.2) is 4.79 Å². The van der Waals surface area contributed by atoms with Gasteiger partial charge in [0.2, 0.25) is 0 Å². The zero-order valence-electron chi connectivity index (χ0n) is 7.49. The highest BCUT2D eigenvalue weighted by molar-refractivity contribution is 5.76. The number of piperidine rings is 1. The van der Waals surface area contributed by atoms with Crippen LogP contribution in [0.15, 0.2) is 0 Å². The molecular formula is C8H13NO4. The minimum atomic E-state index is -1.04. The summed E-state index contributed by atoms with van der Waals surface area (Å²) < 4.78 is 0. The van der Waals surface area contributed by atoms with Gasteiger partial charge in [-0.3, -0.25) is 4.79 Å². The van der Waals surface area contributed by atoms with Crippen LogP contribution < -0.4 is 0 Å². The van der Waals surface area contributed by atoms with E-state index in [0.29, 0.717) is 19.4 Å². The molecule has 74 valence electrons. The van der Waals surface area contributed by atoms with E-state index >= 15 is 0 Å².